The van der Waals surface area contributed by atoms with E-state index in [9.17, 15) is 0 Å². The Bertz CT molecular complexity index is 415. The van der Waals surface area contributed by atoms with E-state index in [1.54, 1.807) is 0 Å². The lowest BCUT2D eigenvalue weighted by molar-refractivity contribution is -0.789. The number of rotatable bonds is 16. The predicted molar refractivity (Wildman–Crippen MR) is 100 cm³/mol. The van der Waals surface area contributed by atoms with Crippen molar-refractivity contribution in [3.63, 3.8) is 0 Å². The molecule has 0 aromatic carbocycles. The quantitative estimate of drug-likeness (QED) is 0.100. The smallest absolute Gasteiger partial charge is 0.311 e. The van der Waals surface area contributed by atoms with Crippen molar-refractivity contribution in [1.29, 1.82) is 0 Å². The van der Waals surface area contributed by atoms with Gasteiger partial charge in [-0.25, -0.2) is 9.45 Å². The van der Waals surface area contributed by atoms with Crippen LogP contribution < -0.4 is 0 Å². The third kappa shape index (κ3) is 25.4. The molecule has 0 radical (unpaired) electrons. The number of phosphoric acid groups is 1. The van der Waals surface area contributed by atoms with Crippen molar-refractivity contribution in [3.05, 3.63) is 12.3 Å². The lowest BCUT2D eigenvalue weighted by atomic mass is 9.98. The molecule has 0 unspecified atom stereocenters. The Kier molecular flexibility index (Phi) is 19.0. The molecule has 0 saturated heterocycles. The molecular weight excluding hydrogens is 411 g/mol. The Morgan fingerprint density at radius 1 is 0.862 bits per heavy atom. The summed E-state index contributed by atoms with van der Waals surface area (Å²) in [6, 6.07) is 0. The van der Waals surface area contributed by atoms with Crippen LogP contribution in [-0.4, -0.2) is 20.8 Å². The first kappa shape index (κ1) is 28.4. The minimum Gasteiger partial charge on any atom is -0.311 e. The van der Waals surface area contributed by atoms with Crippen LogP contribution >= 0.6 is 7.82 Å². The molecule has 0 heterocycles. The molecule has 12 heteroatoms. The molecule has 0 aromatic rings. The fourth-order valence-electron chi connectivity index (χ4n) is 2.65. The molecular formula is C17H35O11P. The molecule has 1 aliphatic carbocycles. The van der Waals surface area contributed by atoms with Gasteiger partial charge in [0.2, 0.25) is 0 Å². The summed E-state index contributed by atoms with van der Waals surface area (Å²) in [6.07, 6.45) is 14.7. The van der Waals surface area contributed by atoms with Crippen molar-refractivity contribution < 1.29 is 54.2 Å². The highest BCUT2D eigenvalue weighted by Crippen LogP contribution is 2.25. The van der Waals surface area contributed by atoms with Crippen LogP contribution in [-0.2, 0) is 39.5 Å². The highest BCUT2D eigenvalue weighted by Gasteiger charge is 2.15. The standard InChI is InChI=1S/C17H32O7.H3O4P/c1-3-4-5-6-7-8-10-13-16(2)18-20-22-24-23-21-19-17-14-11-9-12-15-17;1-5(2,3)4/h17H,2-15H2,1H3;(H3,1,2,3,4). The average Bonchev–Trinajstić information content (AvgIpc) is 2.66. The van der Waals surface area contributed by atoms with Crippen molar-refractivity contribution in [2.24, 2.45) is 0 Å². The van der Waals surface area contributed by atoms with Gasteiger partial charge in [-0.05, 0) is 29.3 Å². The molecule has 1 rings (SSSR count). The molecule has 11 nitrogen and oxygen atoms in total. The Morgan fingerprint density at radius 2 is 1.38 bits per heavy atom. The molecule has 1 fully saturated rings. The van der Waals surface area contributed by atoms with Crippen LogP contribution in [0.25, 0.3) is 0 Å². The van der Waals surface area contributed by atoms with Crippen LogP contribution in [0.15, 0.2) is 12.3 Å². The molecule has 0 spiro atoms. The number of allylic oxidation sites excluding steroid dienone is 1. The highest BCUT2D eigenvalue weighted by atomic mass is 31.2. The first-order valence-corrected chi connectivity index (χ1v) is 11.5. The van der Waals surface area contributed by atoms with Crippen LogP contribution in [0.4, 0.5) is 0 Å². The molecule has 0 bridgehead atoms. The Morgan fingerprint density at radius 3 is 2.00 bits per heavy atom. The van der Waals surface area contributed by atoms with Gasteiger partial charge in [0.25, 0.3) is 0 Å². The Balaban J connectivity index is 0.00000139. The van der Waals surface area contributed by atoms with Gasteiger partial charge >= 0.3 is 7.82 Å². The zero-order valence-electron chi connectivity index (χ0n) is 17.0. The first-order valence-electron chi connectivity index (χ1n) is 9.95. The van der Waals surface area contributed by atoms with E-state index < -0.39 is 7.82 Å². The Labute approximate surface area is 171 Å². The molecule has 0 aliphatic heterocycles. The van der Waals surface area contributed by atoms with E-state index >= 15 is 0 Å². The summed E-state index contributed by atoms with van der Waals surface area (Å²) in [5, 5.41) is 21.2. The van der Waals surface area contributed by atoms with E-state index in [0.29, 0.717) is 12.2 Å². The molecule has 3 N–H and O–H groups in total. The van der Waals surface area contributed by atoms with Gasteiger partial charge in [-0.1, -0.05) is 71.3 Å². The van der Waals surface area contributed by atoms with Gasteiger partial charge in [-0.2, -0.15) is 0 Å². The summed E-state index contributed by atoms with van der Waals surface area (Å²) in [6.45, 7) is 5.93. The third-order valence-corrected chi connectivity index (χ3v) is 4.05. The second-order valence-corrected chi connectivity index (χ2v) is 7.73. The van der Waals surface area contributed by atoms with Crippen molar-refractivity contribution in [3.8, 4) is 0 Å². The molecule has 1 aliphatic rings. The molecule has 1 saturated carbocycles. The first-order chi connectivity index (χ1) is 13.8. The van der Waals surface area contributed by atoms with Crippen molar-refractivity contribution >= 4 is 7.82 Å². The lowest BCUT2D eigenvalue weighted by Crippen LogP contribution is -2.17. The maximum absolute atomic E-state index is 8.88. The summed E-state index contributed by atoms with van der Waals surface area (Å²) in [5.74, 6) is 0.464. The zero-order valence-corrected chi connectivity index (χ0v) is 17.9. The van der Waals surface area contributed by atoms with Crippen molar-refractivity contribution in [2.45, 2.75) is 96.5 Å². The SMILES string of the molecule is C=C(CCCCCCCCC)OOOOOOOC1CCCCC1.O=P(O)(O)O. The fourth-order valence-corrected chi connectivity index (χ4v) is 2.65. The molecule has 29 heavy (non-hydrogen) atoms. The van der Waals surface area contributed by atoms with E-state index in [4.69, 9.17) is 29.0 Å². The number of unbranched alkanes of at least 4 members (excludes halogenated alkanes) is 6. The summed E-state index contributed by atoms with van der Waals surface area (Å²) in [4.78, 5) is 31.3. The predicted octanol–water partition coefficient (Wildman–Crippen LogP) is 4.65. The van der Waals surface area contributed by atoms with Gasteiger partial charge in [0.15, 0.2) is 0 Å². The van der Waals surface area contributed by atoms with Gasteiger partial charge in [0, 0.05) is 21.5 Å². The monoisotopic (exact) mass is 446 g/mol. The van der Waals surface area contributed by atoms with Gasteiger partial charge in [-0.15, -0.1) is 0 Å². The van der Waals surface area contributed by atoms with Crippen LogP contribution in [0.1, 0.15) is 90.4 Å². The number of hydrogen-bond acceptors (Lipinski definition) is 8. The van der Waals surface area contributed by atoms with Crippen molar-refractivity contribution in [2.75, 3.05) is 0 Å². The van der Waals surface area contributed by atoms with Gasteiger partial charge < -0.3 is 19.6 Å². The molecule has 174 valence electrons. The minimum absolute atomic E-state index is 0.0290. The normalized spacial score (nSPS) is 14.9. The summed E-state index contributed by atoms with van der Waals surface area (Å²) in [5.41, 5.74) is 0. The second kappa shape index (κ2) is 19.4. The van der Waals surface area contributed by atoms with E-state index in [0.717, 1.165) is 38.5 Å². The highest BCUT2D eigenvalue weighted by molar-refractivity contribution is 7.45. The average molecular weight is 446 g/mol. The van der Waals surface area contributed by atoms with E-state index in [2.05, 4.69) is 38.7 Å². The summed E-state index contributed by atoms with van der Waals surface area (Å²) >= 11 is 0. The van der Waals surface area contributed by atoms with Gasteiger partial charge in [-0.3, -0.25) is 0 Å². The zero-order chi connectivity index (χ0) is 21.8. The molecule has 0 atom stereocenters. The van der Waals surface area contributed by atoms with E-state index in [1.165, 1.54) is 38.5 Å². The third-order valence-electron chi connectivity index (χ3n) is 4.05. The molecule has 0 aromatic heterocycles. The minimum atomic E-state index is -4.64. The van der Waals surface area contributed by atoms with Crippen LogP contribution in [0.3, 0.4) is 0 Å². The van der Waals surface area contributed by atoms with Crippen molar-refractivity contribution in [1.82, 2.24) is 0 Å². The molecule has 0 amide bonds. The lowest BCUT2D eigenvalue weighted by Gasteiger charge is -2.18. The van der Waals surface area contributed by atoms with Crippen LogP contribution in [0.5, 0.6) is 0 Å². The summed E-state index contributed by atoms with van der Waals surface area (Å²) < 4.78 is 8.88. The largest absolute Gasteiger partial charge is 0.466 e. The van der Waals surface area contributed by atoms with E-state index in [1.807, 2.05) is 0 Å². The Hall–Kier alpha value is -0.590. The maximum atomic E-state index is 8.88. The summed E-state index contributed by atoms with van der Waals surface area (Å²) in [7, 11) is -4.64. The fraction of sp³-hybridized carbons (Fsp3) is 0.882. The van der Waals surface area contributed by atoms with Gasteiger partial charge in [0.1, 0.15) is 5.76 Å². The van der Waals surface area contributed by atoms with Crippen LogP contribution in [0, 0.1) is 0 Å². The second-order valence-electron chi connectivity index (χ2n) is 6.70. The number of hydrogen-bond donors (Lipinski definition) is 3. The maximum Gasteiger partial charge on any atom is 0.466 e. The van der Waals surface area contributed by atoms with E-state index in [-0.39, 0.29) is 6.10 Å². The van der Waals surface area contributed by atoms with Gasteiger partial charge in [0.05, 0.1) is 6.10 Å². The van der Waals surface area contributed by atoms with Crippen LogP contribution in [0.2, 0.25) is 0 Å². The topological polar surface area (TPSA) is 142 Å².